The first kappa shape index (κ1) is 16.1. The first-order valence-electron chi connectivity index (χ1n) is 6.40. The van der Waals surface area contributed by atoms with E-state index < -0.39 is 15.8 Å². The minimum Gasteiger partial charge on any atom is -0.329 e. The Labute approximate surface area is 114 Å². The molecule has 0 saturated carbocycles. The van der Waals surface area contributed by atoms with Crippen molar-refractivity contribution in [1.82, 2.24) is 4.72 Å². The van der Waals surface area contributed by atoms with Crippen LogP contribution in [0.5, 0.6) is 0 Å². The van der Waals surface area contributed by atoms with Crippen molar-refractivity contribution >= 4 is 10.0 Å². The molecule has 0 aromatic heterocycles. The highest BCUT2D eigenvalue weighted by Crippen LogP contribution is 2.19. The molecule has 1 rings (SSSR count). The fourth-order valence-corrected chi connectivity index (χ4v) is 3.50. The number of hydrogen-bond acceptors (Lipinski definition) is 3. The Kier molecular flexibility index (Phi) is 5.90. The van der Waals surface area contributed by atoms with Crippen molar-refractivity contribution in [2.45, 2.75) is 44.0 Å². The van der Waals surface area contributed by atoms with Gasteiger partial charge in [0.25, 0.3) is 0 Å². The molecule has 3 N–H and O–H groups in total. The molecule has 1 aromatic carbocycles. The summed E-state index contributed by atoms with van der Waals surface area (Å²) in [6.45, 7) is 3.79. The average Bonchev–Trinajstić information content (AvgIpc) is 2.33. The van der Waals surface area contributed by atoms with Crippen molar-refractivity contribution in [3.05, 3.63) is 29.6 Å². The standard InChI is InChI=1S/C13H21FN2O2S/c1-3-4-7-11(9-15)16-19(17,18)13-10(2)6-5-8-12(13)14/h5-6,8,11,16H,3-4,7,9,15H2,1-2H3. The quantitative estimate of drug-likeness (QED) is 0.805. The predicted molar refractivity (Wildman–Crippen MR) is 73.8 cm³/mol. The number of unbranched alkanes of at least 4 members (excludes halogenated alkanes) is 1. The third kappa shape index (κ3) is 4.26. The van der Waals surface area contributed by atoms with E-state index in [9.17, 15) is 12.8 Å². The van der Waals surface area contributed by atoms with Crippen molar-refractivity contribution in [3.63, 3.8) is 0 Å². The molecule has 0 aliphatic heterocycles. The van der Waals surface area contributed by atoms with E-state index in [-0.39, 0.29) is 17.5 Å². The molecular formula is C13H21FN2O2S. The van der Waals surface area contributed by atoms with Gasteiger partial charge in [-0.2, -0.15) is 0 Å². The van der Waals surface area contributed by atoms with Crippen molar-refractivity contribution in [1.29, 1.82) is 0 Å². The average molecular weight is 288 g/mol. The molecule has 0 heterocycles. The number of nitrogens with one attached hydrogen (secondary N) is 1. The lowest BCUT2D eigenvalue weighted by molar-refractivity contribution is 0.508. The molecule has 0 radical (unpaired) electrons. The van der Waals surface area contributed by atoms with E-state index >= 15 is 0 Å². The Bertz CT molecular complexity index is 497. The van der Waals surface area contributed by atoms with Gasteiger partial charge < -0.3 is 5.73 Å². The number of halogens is 1. The van der Waals surface area contributed by atoms with Gasteiger partial charge in [-0.1, -0.05) is 31.9 Å². The highest BCUT2D eigenvalue weighted by atomic mass is 32.2. The van der Waals surface area contributed by atoms with Crippen LogP contribution in [0.2, 0.25) is 0 Å². The molecule has 0 aliphatic carbocycles. The molecule has 4 nitrogen and oxygen atoms in total. The second-order valence-corrected chi connectivity index (χ2v) is 6.23. The van der Waals surface area contributed by atoms with Gasteiger partial charge in [0.2, 0.25) is 10.0 Å². The Morgan fingerprint density at radius 1 is 1.42 bits per heavy atom. The topological polar surface area (TPSA) is 72.2 Å². The summed E-state index contributed by atoms with van der Waals surface area (Å²) in [5.74, 6) is -0.737. The summed E-state index contributed by atoms with van der Waals surface area (Å²) < 4.78 is 40.6. The number of rotatable bonds is 7. The molecule has 1 unspecified atom stereocenters. The van der Waals surface area contributed by atoms with Crippen molar-refractivity contribution < 1.29 is 12.8 Å². The molecule has 0 bridgehead atoms. The Balaban J connectivity index is 2.97. The van der Waals surface area contributed by atoms with Gasteiger partial charge >= 0.3 is 0 Å². The van der Waals surface area contributed by atoms with Crippen LogP contribution in [0.4, 0.5) is 4.39 Å². The molecule has 0 spiro atoms. The lowest BCUT2D eigenvalue weighted by Crippen LogP contribution is -2.40. The summed E-state index contributed by atoms with van der Waals surface area (Å²) in [4.78, 5) is -0.287. The van der Waals surface area contributed by atoms with Crippen LogP contribution >= 0.6 is 0 Å². The highest BCUT2D eigenvalue weighted by Gasteiger charge is 2.24. The summed E-state index contributed by atoms with van der Waals surface area (Å²) in [5.41, 5.74) is 5.94. The van der Waals surface area contributed by atoms with Crippen molar-refractivity contribution in [3.8, 4) is 0 Å². The molecule has 108 valence electrons. The van der Waals surface area contributed by atoms with E-state index in [4.69, 9.17) is 5.73 Å². The SMILES string of the molecule is CCCCC(CN)NS(=O)(=O)c1c(C)cccc1F. The maximum absolute atomic E-state index is 13.7. The molecule has 0 fully saturated rings. The Morgan fingerprint density at radius 2 is 2.11 bits per heavy atom. The molecule has 0 saturated heterocycles. The van der Waals surface area contributed by atoms with Gasteiger partial charge in [0.15, 0.2) is 0 Å². The van der Waals surface area contributed by atoms with Crippen LogP contribution in [0.25, 0.3) is 0 Å². The summed E-state index contributed by atoms with van der Waals surface area (Å²) in [6.07, 6.45) is 2.48. The first-order chi connectivity index (χ1) is 8.92. The molecule has 0 amide bonds. The smallest absolute Gasteiger partial charge is 0.244 e. The van der Waals surface area contributed by atoms with Crippen LogP contribution in [-0.4, -0.2) is 21.0 Å². The summed E-state index contributed by atoms with van der Waals surface area (Å²) in [7, 11) is -3.87. The maximum Gasteiger partial charge on any atom is 0.244 e. The molecule has 19 heavy (non-hydrogen) atoms. The van der Waals surface area contributed by atoms with Crippen LogP contribution < -0.4 is 10.5 Å². The van der Waals surface area contributed by atoms with E-state index in [1.165, 1.54) is 6.07 Å². The number of sulfonamides is 1. The minimum absolute atomic E-state index is 0.201. The first-order valence-corrected chi connectivity index (χ1v) is 7.88. The summed E-state index contributed by atoms with van der Waals surface area (Å²) in [6, 6.07) is 3.84. The number of benzene rings is 1. The molecule has 1 aromatic rings. The third-order valence-corrected chi connectivity index (χ3v) is 4.64. The van der Waals surface area contributed by atoms with Crippen LogP contribution in [0.15, 0.2) is 23.1 Å². The molecule has 6 heteroatoms. The van der Waals surface area contributed by atoms with Gasteiger partial charge in [-0.05, 0) is 25.0 Å². The number of nitrogens with two attached hydrogens (primary N) is 1. The monoisotopic (exact) mass is 288 g/mol. The highest BCUT2D eigenvalue weighted by molar-refractivity contribution is 7.89. The van der Waals surface area contributed by atoms with Crippen LogP contribution in [0.3, 0.4) is 0 Å². The summed E-state index contributed by atoms with van der Waals surface area (Å²) >= 11 is 0. The van der Waals surface area contributed by atoms with E-state index in [2.05, 4.69) is 4.72 Å². The van der Waals surface area contributed by atoms with Gasteiger partial charge in [0.05, 0.1) is 0 Å². The minimum atomic E-state index is -3.87. The van der Waals surface area contributed by atoms with Crippen molar-refractivity contribution in [2.24, 2.45) is 5.73 Å². The van der Waals surface area contributed by atoms with E-state index in [0.29, 0.717) is 12.0 Å². The largest absolute Gasteiger partial charge is 0.329 e. The molecule has 0 aliphatic rings. The van der Waals surface area contributed by atoms with Crippen LogP contribution in [-0.2, 0) is 10.0 Å². The third-order valence-electron chi connectivity index (χ3n) is 2.95. The molecule has 1 atom stereocenters. The van der Waals surface area contributed by atoms with Gasteiger partial charge in [-0.15, -0.1) is 0 Å². The van der Waals surface area contributed by atoms with Gasteiger partial charge in [0, 0.05) is 12.6 Å². The van der Waals surface area contributed by atoms with Crippen LogP contribution in [0.1, 0.15) is 31.7 Å². The second kappa shape index (κ2) is 6.98. The van der Waals surface area contributed by atoms with E-state index in [1.54, 1.807) is 13.0 Å². The van der Waals surface area contributed by atoms with Crippen LogP contribution in [0, 0.1) is 12.7 Å². The normalized spacial score (nSPS) is 13.5. The number of aryl methyl sites for hydroxylation is 1. The summed E-state index contributed by atoms with van der Waals surface area (Å²) in [5, 5.41) is 0. The zero-order chi connectivity index (χ0) is 14.5. The Hall–Kier alpha value is -0.980. The van der Waals surface area contributed by atoms with E-state index in [0.717, 1.165) is 18.9 Å². The Morgan fingerprint density at radius 3 is 2.63 bits per heavy atom. The van der Waals surface area contributed by atoms with Crippen molar-refractivity contribution in [2.75, 3.05) is 6.54 Å². The fraction of sp³-hybridized carbons (Fsp3) is 0.538. The zero-order valence-electron chi connectivity index (χ0n) is 11.3. The lowest BCUT2D eigenvalue weighted by atomic mass is 10.1. The van der Waals surface area contributed by atoms with Gasteiger partial charge in [-0.25, -0.2) is 17.5 Å². The zero-order valence-corrected chi connectivity index (χ0v) is 12.1. The van der Waals surface area contributed by atoms with Gasteiger partial charge in [0.1, 0.15) is 10.7 Å². The van der Waals surface area contributed by atoms with Gasteiger partial charge in [-0.3, -0.25) is 0 Å². The fourth-order valence-electron chi connectivity index (χ4n) is 1.91. The lowest BCUT2D eigenvalue weighted by Gasteiger charge is -2.17. The molecular weight excluding hydrogens is 267 g/mol. The number of hydrogen-bond donors (Lipinski definition) is 2. The maximum atomic E-state index is 13.7. The second-order valence-electron chi connectivity index (χ2n) is 4.58. The predicted octanol–water partition coefficient (Wildman–Crippen LogP) is 1.93. The van der Waals surface area contributed by atoms with E-state index in [1.807, 2.05) is 6.92 Å².